The van der Waals surface area contributed by atoms with E-state index in [4.69, 9.17) is 0 Å². The van der Waals surface area contributed by atoms with Gasteiger partial charge >= 0.3 is 12.2 Å². The highest BCUT2D eigenvalue weighted by molar-refractivity contribution is 5.95. The quantitative estimate of drug-likeness (QED) is 0.348. The lowest BCUT2D eigenvalue weighted by Crippen LogP contribution is -2.51. The van der Waals surface area contributed by atoms with Gasteiger partial charge in [-0.3, -0.25) is 4.90 Å². The molecule has 2 heterocycles. The maximum atomic E-state index is 14.6. The molecule has 2 aliphatic heterocycles. The summed E-state index contributed by atoms with van der Waals surface area (Å²) in [5, 5.41) is 0. The summed E-state index contributed by atoms with van der Waals surface area (Å²) in [6.07, 6.45) is -2.34. The Bertz CT molecular complexity index is 1270. The number of carbonyl (C=O) groups is 1. The van der Waals surface area contributed by atoms with Gasteiger partial charge in [-0.2, -0.15) is 13.2 Å². The standard InChI is InChI=1S/C29H29F4N3O/c1-20-8-6-13-25(30)27(20)34-16-7-11-23(15-17-34)35-19-22-10-3-5-14-26(22)36(28(35)37)18-21-9-2-4-12-24(21)29(31,32)33/h2-6,8-10,12-14,23H,7,11,15-19H2,1H3. The van der Waals surface area contributed by atoms with Gasteiger partial charge in [-0.1, -0.05) is 48.5 Å². The molecule has 3 aromatic carbocycles. The van der Waals surface area contributed by atoms with Crippen LogP contribution >= 0.6 is 0 Å². The Labute approximate surface area is 214 Å². The number of carbonyl (C=O) groups excluding carboxylic acids is 1. The van der Waals surface area contributed by atoms with Crippen LogP contribution in [0.15, 0.2) is 66.7 Å². The molecule has 2 amide bonds. The molecule has 1 atom stereocenters. The number of amides is 2. The molecule has 3 aromatic rings. The van der Waals surface area contributed by atoms with E-state index in [0.717, 1.165) is 30.0 Å². The number of alkyl halides is 3. The zero-order chi connectivity index (χ0) is 26.2. The van der Waals surface area contributed by atoms with Crippen LogP contribution in [0.4, 0.5) is 33.7 Å². The van der Waals surface area contributed by atoms with Gasteiger partial charge in [-0.05, 0) is 61.1 Å². The van der Waals surface area contributed by atoms with Crippen molar-refractivity contribution >= 4 is 17.4 Å². The van der Waals surface area contributed by atoms with Crippen LogP contribution in [0.2, 0.25) is 0 Å². The number of urea groups is 1. The Hall–Kier alpha value is -3.55. The number of nitrogens with zero attached hydrogens (tertiary/aromatic N) is 3. The predicted molar refractivity (Wildman–Crippen MR) is 136 cm³/mol. The molecule has 0 saturated carbocycles. The molecule has 1 unspecified atom stereocenters. The van der Waals surface area contributed by atoms with Gasteiger partial charge in [-0.25, -0.2) is 9.18 Å². The first kappa shape index (κ1) is 25.1. The van der Waals surface area contributed by atoms with Crippen molar-refractivity contribution in [1.82, 2.24) is 4.90 Å². The zero-order valence-electron chi connectivity index (χ0n) is 20.6. The molecule has 0 spiro atoms. The molecule has 0 aliphatic carbocycles. The van der Waals surface area contributed by atoms with Crippen LogP contribution in [0.3, 0.4) is 0 Å². The molecule has 4 nitrogen and oxygen atoms in total. The first-order valence-electron chi connectivity index (χ1n) is 12.5. The fourth-order valence-electron chi connectivity index (χ4n) is 5.60. The summed E-state index contributed by atoms with van der Waals surface area (Å²) in [6.45, 7) is 3.39. The lowest BCUT2D eigenvalue weighted by molar-refractivity contribution is -0.138. The Balaban J connectivity index is 1.42. The number of fused-ring (bicyclic) bond motifs is 1. The van der Waals surface area contributed by atoms with Crippen molar-refractivity contribution < 1.29 is 22.4 Å². The van der Waals surface area contributed by atoms with Crippen molar-refractivity contribution in [3.63, 3.8) is 0 Å². The fourth-order valence-corrected chi connectivity index (χ4v) is 5.60. The number of hydrogen-bond donors (Lipinski definition) is 0. The van der Waals surface area contributed by atoms with Gasteiger partial charge in [0, 0.05) is 25.7 Å². The molecule has 194 valence electrons. The van der Waals surface area contributed by atoms with E-state index in [-0.39, 0.29) is 30.0 Å². The minimum atomic E-state index is -4.51. The molecule has 0 bridgehead atoms. The fraction of sp³-hybridized carbons (Fsp3) is 0.345. The summed E-state index contributed by atoms with van der Waals surface area (Å²) in [6, 6.07) is 17.4. The normalized spacial score (nSPS) is 18.6. The average molecular weight is 512 g/mol. The molecule has 8 heteroatoms. The zero-order valence-corrected chi connectivity index (χ0v) is 20.6. The molecule has 0 aromatic heterocycles. The summed E-state index contributed by atoms with van der Waals surface area (Å²) in [5.74, 6) is -0.254. The number of rotatable bonds is 4. The first-order valence-corrected chi connectivity index (χ1v) is 12.5. The third kappa shape index (κ3) is 5.02. The van der Waals surface area contributed by atoms with Gasteiger partial charge in [0.1, 0.15) is 5.82 Å². The summed E-state index contributed by atoms with van der Waals surface area (Å²) in [4.78, 5) is 19.1. The Morgan fingerprint density at radius 3 is 2.46 bits per heavy atom. The van der Waals surface area contributed by atoms with Crippen molar-refractivity contribution in [2.24, 2.45) is 0 Å². The van der Waals surface area contributed by atoms with Gasteiger partial charge in [0.25, 0.3) is 0 Å². The highest BCUT2D eigenvalue weighted by atomic mass is 19.4. The van der Waals surface area contributed by atoms with E-state index >= 15 is 0 Å². The number of halogens is 4. The van der Waals surface area contributed by atoms with Crippen LogP contribution in [0.5, 0.6) is 0 Å². The first-order chi connectivity index (χ1) is 17.7. The van der Waals surface area contributed by atoms with Crippen LogP contribution in [-0.4, -0.2) is 30.1 Å². The SMILES string of the molecule is Cc1cccc(F)c1N1CCCC(N2Cc3ccccc3N(Cc3ccccc3C(F)(F)F)C2=O)CC1. The number of benzene rings is 3. The molecular weight excluding hydrogens is 482 g/mol. The maximum Gasteiger partial charge on any atom is 0.416 e. The maximum absolute atomic E-state index is 14.6. The topological polar surface area (TPSA) is 26.8 Å². The largest absolute Gasteiger partial charge is 0.416 e. The van der Waals surface area contributed by atoms with Gasteiger partial charge in [0.15, 0.2) is 0 Å². The van der Waals surface area contributed by atoms with E-state index in [1.807, 2.05) is 30.0 Å². The van der Waals surface area contributed by atoms with Gasteiger partial charge in [0.05, 0.1) is 23.5 Å². The second kappa shape index (κ2) is 10.1. The van der Waals surface area contributed by atoms with Crippen LogP contribution in [0, 0.1) is 12.7 Å². The van der Waals surface area contributed by atoms with Gasteiger partial charge in [0.2, 0.25) is 0 Å². The number of para-hydroxylation sites is 2. The second-order valence-corrected chi connectivity index (χ2v) is 9.76. The third-order valence-electron chi connectivity index (χ3n) is 7.39. The monoisotopic (exact) mass is 511 g/mol. The minimum absolute atomic E-state index is 0.0575. The lowest BCUT2D eigenvalue weighted by Gasteiger charge is -2.41. The highest BCUT2D eigenvalue weighted by Gasteiger charge is 2.38. The highest BCUT2D eigenvalue weighted by Crippen LogP contribution is 2.37. The van der Waals surface area contributed by atoms with E-state index in [9.17, 15) is 22.4 Å². The van der Waals surface area contributed by atoms with E-state index in [0.29, 0.717) is 37.4 Å². The molecule has 1 fully saturated rings. The predicted octanol–water partition coefficient (Wildman–Crippen LogP) is 7.15. The van der Waals surface area contributed by atoms with Crippen molar-refractivity contribution in [2.75, 3.05) is 22.9 Å². The van der Waals surface area contributed by atoms with E-state index in [1.165, 1.54) is 23.1 Å². The summed E-state index contributed by atoms with van der Waals surface area (Å²) >= 11 is 0. The molecule has 1 saturated heterocycles. The van der Waals surface area contributed by atoms with Gasteiger partial charge in [-0.15, -0.1) is 0 Å². The third-order valence-corrected chi connectivity index (χ3v) is 7.39. The van der Waals surface area contributed by atoms with Crippen molar-refractivity contribution in [2.45, 2.75) is 51.5 Å². The number of hydrogen-bond acceptors (Lipinski definition) is 2. The van der Waals surface area contributed by atoms with Gasteiger partial charge < -0.3 is 9.80 Å². The number of aryl methyl sites for hydroxylation is 1. The van der Waals surface area contributed by atoms with Crippen LogP contribution in [0.25, 0.3) is 0 Å². The van der Waals surface area contributed by atoms with E-state index in [1.54, 1.807) is 29.2 Å². The summed E-state index contributed by atoms with van der Waals surface area (Å²) in [5.41, 5.74) is 2.33. The Morgan fingerprint density at radius 1 is 0.919 bits per heavy atom. The molecular formula is C29H29F4N3O. The molecule has 5 rings (SSSR count). The molecule has 0 N–H and O–H groups in total. The summed E-state index contributed by atoms with van der Waals surface area (Å²) in [7, 11) is 0. The second-order valence-electron chi connectivity index (χ2n) is 9.76. The van der Waals surface area contributed by atoms with Crippen LogP contribution in [-0.2, 0) is 19.3 Å². The van der Waals surface area contributed by atoms with E-state index < -0.39 is 11.7 Å². The Kier molecular flexibility index (Phi) is 6.84. The van der Waals surface area contributed by atoms with Crippen LogP contribution < -0.4 is 9.80 Å². The molecule has 0 radical (unpaired) electrons. The smallest absolute Gasteiger partial charge is 0.369 e. The average Bonchev–Trinajstić information content (AvgIpc) is 3.11. The molecule has 2 aliphatic rings. The lowest BCUT2D eigenvalue weighted by atomic mass is 10.0. The van der Waals surface area contributed by atoms with Crippen molar-refractivity contribution in [1.29, 1.82) is 0 Å². The van der Waals surface area contributed by atoms with E-state index in [2.05, 4.69) is 0 Å². The number of anilines is 2. The summed E-state index contributed by atoms with van der Waals surface area (Å²) < 4.78 is 55.7. The Morgan fingerprint density at radius 2 is 1.68 bits per heavy atom. The van der Waals surface area contributed by atoms with Crippen LogP contribution in [0.1, 0.15) is 41.5 Å². The van der Waals surface area contributed by atoms with Crippen molar-refractivity contribution in [3.8, 4) is 0 Å². The molecule has 37 heavy (non-hydrogen) atoms. The van der Waals surface area contributed by atoms with Crippen molar-refractivity contribution in [3.05, 3.63) is 94.8 Å². The minimum Gasteiger partial charge on any atom is -0.369 e.